The zero-order chi connectivity index (χ0) is 21.5. The van der Waals surface area contributed by atoms with E-state index < -0.39 is 11.2 Å². The summed E-state index contributed by atoms with van der Waals surface area (Å²) in [6.07, 6.45) is 0. The van der Waals surface area contributed by atoms with E-state index in [0.29, 0.717) is 38.4 Å². The lowest BCUT2D eigenvalue weighted by Gasteiger charge is -2.19. The first-order valence-electron chi connectivity index (χ1n) is 8.98. The Morgan fingerprint density at radius 1 is 1.14 bits per heavy atom. The van der Waals surface area contributed by atoms with Gasteiger partial charge in [0.1, 0.15) is 22.0 Å². The molecule has 2 aromatic heterocycles. The number of fused-ring (bicyclic) bond motifs is 1. The quantitative estimate of drug-likeness (QED) is 0.463. The van der Waals surface area contributed by atoms with Crippen LogP contribution in [0.3, 0.4) is 0 Å². The summed E-state index contributed by atoms with van der Waals surface area (Å²) in [5, 5.41) is 1.45. The van der Waals surface area contributed by atoms with Crippen LogP contribution in [0.4, 0.5) is 0 Å². The van der Waals surface area contributed by atoms with Crippen LogP contribution in [0, 0.1) is 0 Å². The van der Waals surface area contributed by atoms with Crippen LogP contribution < -0.4 is 16.0 Å². The lowest BCUT2D eigenvalue weighted by molar-refractivity contribution is 0.411. The van der Waals surface area contributed by atoms with E-state index in [-0.39, 0.29) is 5.41 Å². The molecule has 9 heteroatoms. The van der Waals surface area contributed by atoms with Gasteiger partial charge in [-0.2, -0.15) is 0 Å². The minimum atomic E-state index is -0.423. The first kappa shape index (κ1) is 21.4. The smallest absolute Gasteiger partial charge is 0.332 e. The number of benzene rings is 1. The normalized spacial score (nSPS) is 11.8. The van der Waals surface area contributed by atoms with Crippen molar-refractivity contribution in [2.45, 2.75) is 37.0 Å². The highest BCUT2D eigenvalue weighted by Crippen LogP contribution is 2.32. The highest BCUT2D eigenvalue weighted by molar-refractivity contribution is 7.98. The van der Waals surface area contributed by atoms with Gasteiger partial charge in [0.25, 0.3) is 5.56 Å². The van der Waals surface area contributed by atoms with Gasteiger partial charge in [-0.1, -0.05) is 32.4 Å². The molecule has 0 aliphatic rings. The molecule has 0 atom stereocenters. The Bertz CT molecular complexity index is 1210. The third kappa shape index (κ3) is 4.04. The fourth-order valence-electron chi connectivity index (χ4n) is 2.87. The zero-order valence-corrected chi connectivity index (χ0v) is 18.8. The second-order valence-electron chi connectivity index (χ2n) is 7.75. The summed E-state index contributed by atoms with van der Waals surface area (Å²) in [7, 11) is 4.66. The third-order valence-corrected chi connectivity index (χ3v) is 5.80. The molecule has 3 aromatic rings. The van der Waals surface area contributed by atoms with E-state index >= 15 is 0 Å². The second kappa shape index (κ2) is 7.84. The van der Waals surface area contributed by atoms with Crippen LogP contribution in [0.1, 0.15) is 32.2 Å². The summed E-state index contributed by atoms with van der Waals surface area (Å²) < 4.78 is 7.88. The van der Waals surface area contributed by atoms with Gasteiger partial charge in [0.15, 0.2) is 5.65 Å². The maximum Gasteiger partial charge on any atom is 0.332 e. The number of thioether (sulfide) groups is 1. The monoisotopic (exact) mass is 434 g/mol. The maximum absolute atomic E-state index is 12.9. The molecule has 0 bridgehead atoms. The Hall–Kier alpha value is -2.32. The molecule has 0 radical (unpaired) electrons. The van der Waals surface area contributed by atoms with Crippen molar-refractivity contribution in [3.8, 4) is 5.75 Å². The number of halogens is 1. The summed E-state index contributed by atoms with van der Waals surface area (Å²) >= 11 is 7.53. The molecule has 0 saturated heterocycles. The predicted octanol–water partition coefficient (Wildman–Crippen LogP) is 3.28. The number of hydrogen-bond acceptors (Lipinski definition) is 6. The lowest BCUT2D eigenvalue weighted by Crippen LogP contribution is -2.38. The molecule has 0 saturated carbocycles. The van der Waals surface area contributed by atoms with Crippen LogP contribution in [0.5, 0.6) is 5.75 Å². The molecule has 7 nitrogen and oxygen atoms in total. The maximum atomic E-state index is 12.9. The minimum Gasteiger partial charge on any atom is -0.496 e. The summed E-state index contributed by atoms with van der Waals surface area (Å²) in [4.78, 5) is 34.5. The van der Waals surface area contributed by atoms with Gasteiger partial charge in [-0.3, -0.25) is 13.9 Å². The molecular formula is C20H23ClN4O3S. The molecule has 0 spiro atoms. The van der Waals surface area contributed by atoms with E-state index in [1.807, 2.05) is 26.8 Å². The summed E-state index contributed by atoms with van der Waals surface area (Å²) in [5.41, 5.74) is 0.0286. The lowest BCUT2D eigenvalue weighted by atomic mass is 9.96. The number of nitrogens with zero attached hydrogens (tertiary/aromatic N) is 4. The van der Waals surface area contributed by atoms with Crippen molar-refractivity contribution in [1.29, 1.82) is 0 Å². The summed E-state index contributed by atoms with van der Waals surface area (Å²) in [5.74, 6) is 1.76. The van der Waals surface area contributed by atoms with Gasteiger partial charge in [0.2, 0.25) is 0 Å². The van der Waals surface area contributed by atoms with Crippen molar-refractivity contribution >= 4 is 34.4 Å². The Morgan fingerprint density at radius 3 is 2.45 bits per heavy atom. The topological polar surface area (TPSA) is 79.0 Å². The van der Waals surface area contributed by atoms with Crippen molar-refractivity contribution in [1.82, 2.24) is 19.1 Å². The van der Waals surface area contributed by atoms with Crippen LogP contribution in [0.15, 0.2) is 32.8 Å². The van der Waals surface area contributed by atoms with Gasteiger partial charge in [0.05, 0.1) is 7.11 Å². The highest BCUT2D eigenvalue weighted by Gasteiger charge is 2.23. The Balaban J connectivity index is 2.22. The van der Waals surface area contributed by atoms with Gasteiger partial charge >= 0.3 is 5.69 Å². The number of rotatable bonds is 4. The molecule has 154 valence electrons. The average Bonchev–Trinajstić information content (AvgIpc) is 2.67. The standard InChI is InChI=1S/C20H23ClN4O3S/c1-20(2,3)18-22-15-14(17(26)25(5)19(27)24(15)4)16(23-18)29-10-11-9-12(21)7-8-13(11)28-6/h7-9H,10H2,1-6H3. The fraction of sp³-hybridized carbons (Fsp3) is 0.400. The number of hydrogen-bond donors (Lipinski definition) is 0. The molecule has 0 unspecified atom stereocenters. The third-order valence-electron chi connectivity index (χ3n) is 4.54. The van der Waals surface area contributed by atoms with Crippen molar-refractivity contribution in [2.75, 3.05) is 7.11 Å². The Labute approximate surface area is 177 Å². The molecule has 3 rings (SSSR count). The number of methoxy groups -OCH3 is 1. The highest BCUT2D eigenvalue weighted by atomic mass is 35.5. The van der Waals surface area contributed by atoms with Crippen molar-refractivity contribution < 1.29 is 4.74 Å². The Morgan fingerprint density at radius 2 is 1.83 bits per heavy atom. The van der Waals surface area contributed by atoms with Crippen LogP contribution in [0.25, 0.3) is 11.0 Å². The summed E-state index contributed by atoms with van der Waals surface area (Å²) in [6.45, 7) is 5.96. The fourth-order valence-corrected chi connectivity index (χ4v) is 4.06. The van der Waals surface area contributed by atoms with Gasteiger partial charge in [-0.25, -0.2) is 14.8 Å². The van der Waals surface area contributed by atoms with Gasteiger partial charge in [-0.05, 0) is 18.2 Å². The van der Waals surface area contributed by atoms with Crippen molar-refractivity contribution in [3.63, 3.8) is 0 Å². The first-order valence-corrected chi connectivity index (χ1v) is 10.3. The molecule has 29 heavy (non-hydrogen) atoms. The van der Waals surface area contributed by atoms with Crippen LogP contribution in [-0.4, -0.2) is 26.2 Å². The van der Waals surface area contributed by atoms with Crippen LogP contribution >= 0.6 is 23.4 Å². The minimum absolute atomic E-state index is 0.327. The van der Waals surface area contributed by atoms with E-state index in [1.165, 1.54) is 23.4 Å². The predicted molar refractivity (Wildman–Crippen MR) is 116 cm³/mol. The van der Waals surface area contributed by atoms with E-state index in [1.54, 1.807) is 26.3 Å². The molecule has 0 fully saturated rings. The van der Waals surface area contributed by atoms with Crippen LogP contribution in [-0.2, 0) is 25.3 Å². The van der Waals surface area contributed by atoms with E-state index in [9.17, 15) is 9.59 Å². The molecular weight excluding hydrogens is 412 g/mol. The molecule has 2 heterocycles. The molecule has 0 aliphatic heterocycles. The Kier molecular flexibility index (Phi) is 5.78. The van der Waals surface area contributed by atoms with E-state index in [2.05, 4.69) is 9.97 Å². The molecule has 0 amide bonds. The van der Waals surface area contributed by atoms with Crippen LogP contribution in [0.2, 0.25) is 5.02 Å². The SMILES string of the molecule is COc1ccc(Cl)cc1CSc1nc(C(C)(C)C)nc2c1c(=O)n(C)c(=O)n2C. The number of aryl methyl sites for hydroxylation is 1. The van der Waals surface area contributed by atoms with Gasteiger partial charge in [0, 0.05) is 35.8 Å². The van der Waals surface area contributed by atoms with Gasteiger partial charge in [-0.15, -0.1) is 11.8 Å². The summed E-state index contributed by atoms with van der Waals surface area (Å²) in [6, 6.07) is 5.40. The van der Waals surface area contributed by atoms with E-state index in [0.717, 1.165) is 10.1 Å². The first-order chi connectivity index (χ1) is 13.5. The number of ether oxygens (including phenoxy) is 1. The number of aromatic nitrogens is 4. The molecule has 0 N–H and O–H groups in total. The average molecular weight is 435 g/mol. The second-order valence-corrected chi connectivity index (χ2v) is 9.15. The zero-order valence-electron chi connectivity index (χ0n) is 17.2. The molecule has 1 aromatic carbocycles. The van der Waals surface area contributed by atoms with E-state index in [4.69, 9.17) is 16.3 Å². The van der Waals surface area contributed by atoms with Gasteiger partial charge < -0.3 is 4.74 Å². The van der Waals surface area contributed by atoms with Crippen molar-refractivity contribution in [2.24, 2.45) is 14.1 Å². The largest absolute Gasteiger partial charge is 0.496 e. The molecule has 0 aliphatic carbocycles. The van der Waals surface area contributed by atoms with Crippen molar-refractivity contribution in [3.05, 3.63) is 55.4 Å².